The number of amides is 1. The van der Waals surface area contributed by atoms with Crippen LogP contribution in [0.2, 0.25) is 0 Å². The molecule has 10 nitrogen and oxygen atoms in total. The first-order valence-electron chi connectivity index (χ1n) is 9.80. The summed E-state index contributed by atoms with van der Waals surface area (Å²) in [6.07, 6.45) is -6.99. The number of nitrogens with one attached hydrogen (secondary N) is 1. The monoisotopic (exact) mass is 530 g/mol. The van der Waals surface area contributed by atoms with Gasteiger partial charge in [0.1, 0.15) is 0 Å². The summed E-state index contributed by atoms with van der Waals surface area (Å²) in [4.78, 5) is 46.2. The fraction of sp³-hybridized carbons (Fsp3) is 0.227. The molecule has 0 saturated carbocycles. The Morgan fingerprint density at radius 2 is 1.59 bits per heavy atom. The van der Waals surface area contributed by atoms with Gasteiger partial charge in [-0.25, -0.2) is 9.59 Å². The molecule has 0 bridgehead atoms. The number of halogens is 5. The van der Waals surface area contributed by atoms with Crippen molar-refractivity contribution in [3.05, 3.63) is 69.8 Å². The van der Waals surface area contributed by atoms with E-state index in [0.29, 0.717) is 23.8 Å². The van der Waals surface area contributed by atoms with E-state index >= 15 is 0 Å². The van der Waals surface area contributed by atoms with Gasteiger partial charge in [0.25, 0.3) is 5.91 Å². The van der Waals surface area contributed by atoms with E-state index in [4.69, 9.17) is 0 Å². The van der Waals surface area contributed by atoms with Crippen molar-refractivity contribution in [2.24, 2.45) is 0 Å². The van der Waals surface area contributed by atoms with E-state index in [1.807, 2.05) is 0 Å². The zero-order chi connectivity index (χ0) is 28.0. The van der Waals surface area contributed by atoms with Crippen LogP contribution in [0.1, 0.15) is 22.3 Å². The largest absolute Gasteiger partial charge is 0.480 e. The van der Waals surface area contributed by atoms with E-state index in [9.17, 15) is 56.7 Å². The molecular formula is C22H15F5N2O8. The minimum Gasteiger partial charge on any atom is -0.480 e. The summed E-state index contributed by atoms with van der Waals surface area (Å²) in [7, 11) is 0. The molecule has 0 heterocycles. The molecular weight excluding hydrogens is 515 g/mol. The maximum Gasteiger partial charge on any atom is 0.456 e. The molecule has 0 aliphatic rings. The summed E-state index contributed by atoms with van der Waals surface area (Å²) in [6, 6.07) is 9.55. The molecule has 0 saturated heterocycles. The number of carbonyl (C=O) groups excluding carboxylic acids is 1. The van der Waals surface area contributed by atoms with Gasteiger partial charge < -0.3 is 20.3 Å². The molecule has 37 heavy (non-hydrogen) atoms. The van der Waals surface area contributed by atoms with E-state index < -0.39 is 70.4 Å². The van der Waals surface area contributed by atoms with Crippen molar-refractivity contribution in [3.8, 4) is 17.6 Å². The van der Waals surface area contributed by atoms with Crippen LogP contribution < -0.4 is 10.1 Å². The lowest BCUT2D eigenvalue weighted by atomic mass is 9.94. The molecule has 0 fully saturated rings. The van der Waals surface area contributed by atoms with Crippen LogP contribution in [0.5, 0.6) is 5.75 Å². The number of nitrogens with zero attached hydrogens (tertiary/aromatic N) is 1. The number of benzene rings is 2. The molecule has 0 unspecified atom stereocenters. The third-order valence-corrected chi connectivity index (χ3v) is 4.66. The second-order valence-electron chi connectivity index (χ2n) is 7.24. The smallest absolute Gasteiger partial charge is 0.456 e. The predicted molar refractivity (Wildman–Crippen MR) is 113 cm³/mol. The van der Waals surface area contributed by atoms with Gasteiger partial charge in [0.05, 0.1) is 11.3 Å². The second-order valence-corrected chi connectivity index (χ2v) is 7.24. The number of hydrogen-bond acceptors (Lipinski definition) is 6. The third kappa shape index (κ3) is 6.69. The molecule has 3 N–H and O–H groups in total. The molecule has 1 amide bonds. The molecule has 0 radical (unpaired) electrons. The van der Waals surface area contributed by atoms with E-state index in [2.05, 4.69) is 16.6 Å². The van der Waals surface area contributed by atoms with Crippen molar-refractivity contribution >= 4 is 23.5 Å². The average molecular weight is 530 g/mol. The number of alkyl halides is 5. The number of ether oxygens (including phenoxy) is 1. The van der Waals surface area contributed by atoms with Gasteiger partial charge in [-0.3, -0.25) is 14.9 Å². The predicted octanol–water partition coefficient (Wildman–Crippen LogP) is 3.25. The first-order chi connectivity index (χ1) is 17.1. The zero-order valence-corrected chi connectivity index (χ0v) is 18.2. The molecule has 2 rings (SSSR count). The van der Waals surface area contributed by atoms with Crippen LogP contribution in [0.15, 0.2) is 48.5 Å². The fourth-order valence-corrected chi connectivity index (χ4v) is 2.63. The number of nitro groups is 1. The van der Waals surface area contributed by atoms with Gasteiger partial charge in [-0.2, -0.15) is 22.0 Å². The van der Waals surface area contributed by atoms with Gasteiger partial charge in [0.2, 0.25) is 5.54 Å². The van der Waals surface area contributed by atoms with E-state index in [-0.39, 0.29) is 0 Å². The van der Waals surface area contributed by atoms with E-state index in [1.54, 1.807) is 23.5 Å². The van der Waals surface area contributed by atoms with Gasteiger partial charge in [-0.1, -0.05) is 30.0 Å². The van der Waals surface area contributed by atoms with Crippen LogP contribution in [-0.2, 0) is 9.59 Å². The summed E-state index contributed by atoms with van der Waals surface area (Å²) >= 11 is 0. The van der Waals surface area contributed by atoms with Crippen molar-refractivity contribution in [2.45, 2.75) is 24.1 Å². The Balaban J connectivity index is 2.39. The maximum atomic E-state index is 13.2. The third-order valence-electron chi connectivity index (χ3n) is 4.66. The minimum atomic E-state index is -6.04. The summed E-state index contributed by atoms with van der Waals surface area (Å²) in [5.41, 5.74) is -4.46. The number of carboxylic acids is 2. The van der Waals surface area contributed by atoms with Gasteiger partial charge in [0.15, 0.2) is 12.4 Å². The summed E-state index contributed by atoms with van der Waals surface area (Å²) < 4.78 is 67.9. The number of hydrogen-bond donors (Lipinski definition) is 3. The highest BCUT2D eigenvalue weighted by atomic mass is 19.4. The maximum absolute atomic E-state index is 13.2. The van der Waals surface area contributed by atoms with Crippen molar-refractivity contribution in [1.82, 2.24) is 5.32 Å². The lowest BCUT2D eigenvalue weighted by molar-refractivity contribution is -0.386. The lowest BCUT2D eigenvalue weighted by Crippen LogP contribution is -2.60. The van der Waals surface area contributed by atoms with Crippen LogP contribution in [0.4, 0.5) is 27.6 Å². The average Bonchev–Trinajstić information content (AvgIpc) is 2.81. The normalized spacial score (nSPS) is 11.6. The summed E-state index contributed by atoms with van der Waals surface area (Å²) in [5.74, 6) is -7.32. The Morgan fingerprint density at radius 3 is 2.11 bits per heavy atom. The molecule has 196 valence electrons. The van der Waals surface area contributed by atoms with Crippen LogP contribution >= 0.6 is 0 Å². The summed E-state index contributed by atoms with van der Waals surface area (Å²) in [6.45, 7) is -2.37. The van der Waals surface area contributed by atoms with Crippen molar-refractivity contribution < 1.29 is 56.2 Å². The molecule has 0 spiro atoms. The van der Waals surface area contributed by atoms with Gasteiger partial charge in [-0.05, 0) is 18.2 Å². The number of carbonyl (C=O) groups is 3. The summed E-state index contributed by atoms with van der Waals surface area (Å²) in [5, 5.41) is 31.9. The highest BCUT2D eigenvalue weighted by Gasteiger charge is 2.58. The number of nitro benzene ring substituents is 1. The molecule has 2 aromatic carbocycles. The Labute approximate surface area is 203 Å². The number of rotatable bonds is 9. The van der Waals surface area contributed by atoms with Crippen LogP contribution in [0, 0.1) is 22.0 Å². The van der Waals surface area contributed by atoms with Gasteiger partial charge in [-0.15, -0.1) is 0 Å². The van der Waals surface area contributed by atoms with Crippen molar-refractivity contribution in [3.63, 3.8) is 0 Å². The molecule has 2 aromatic rings. The lowest BCUT2D eigenvalue weighted by Gasteiger charge is -2.24. The standard InChI is InChI=1S/C22H15F5N2O8/c23-21(24,22(25,26)27)12-37-16-11-14(8-9-15(16)29(35)36)17(30)28-20(18(31)32,19(33)34)10-4-7-13-5-2-1-3-6-13/h1-3,5-6,8-9,11H,10,12H2,(H,28,30)(H,31,32)(H,33,34). The van der Waals surface area contributed by atoms with Crippen molar-refractivity contribution in [1.29, 1.82) is 0 Å². The Bertz CT molecular complexity index is 1260. The molecule has 0 aliphatic carbocycles. The van der Waals surface area contributed by atoms with E-state index in [0.717, 1.165) is 0 Å². The first-order valence-corrected chi connectivity index (χ1v) is 9.80. The fourth-order valence-electron chi connectivity index (χ4n) is 2.63. The highest BCUT2D eigenvalue weighted by molar-refractivity contribution is 6.09. The topological polar surface area (TPSA) is 156 Å². The minimum absolute atomic E-state index is 0.393. The SMILES string of the molecule is O=C(NC(CC#Cc1ccccc1)(C(=O)O)C(=O)O)c1ccc([N+](=O)[O-])c(OCC(F)(F)C(F)(F)F)c1. The highest BCUT2D eigenvalue weighted by Crippen LogP contribution is 2.37. The van der Waals surface area contributed by atoms with E-state index in [1.165, 1.54) is 12.1 Å². The number of aliphatic carboxylic acids is 2. The zero-order valence-electron chi connectivity index (χ0n) is 18.2. The first kappa shape index (κ1) is 28.5. The molecule has 15 heteroatoms. The molecule has 0 atom stereocenters. The quantitative estimate of drug-likeness (QED) is 0.147. The van der Waals surface area contributed by atoms with Gasteiger partial charge >= 0.3 is 29.7 Å². The van der Waals surface area contributed by atoms with Gasteiger partial charge in [0, 0.05) is 23.3 Å². The van der Waals surface area contributed by atoms with Crippen LogP contribution in [0.3, 0.4) is 0 Å². The van der Waals surface area contributed by atoms with Crippen molar-refractivity contribution in [2.75, 3.05) is 6.61 Å². The second kappa shape index (κ2) is 10.9. The Morgan fingerprint density at radius 1 is 1.00 bits per heavy atom. The van der Waals surface area contributed by atoms with Crippen LogP contribution in [0.25, 0.3) is 0 Å². The Kier molecular flexibility index (Phi) is 8.39. The Hall–Kier alpha value is -4.74. The molecule has 0 aliphatic heterocycles. The molecule has 0 aromatic heterocycles. The number of carboxylic acid groups (broad SMARTS) is 2. The van der Waals surface area contributed by atoms with Crippen LogP contribution in [-0.4, -0.2) is 57.2 Å².